The molecule has 1 N–H and O–H groups in total. The molecule has 0 aliphatic carbocycles. The second-order valence-electron chi connectivity index (χ2n) is 2.89. The van der Waals surface area contributed by atoms with E-state index in [9.17, 15) is 4.79 Å². The van der Waals surface area contributed by atoms with Crippen molar-refractivity contribution in [3.05, 3.63) is 17.3 Å². The van der Waals surface area contributed by atoms with Gasteiger partial charge < -0.3 is 14.6 Å². The fourth-order valence-corrected chi connectivity index (χ4v) is 1.12. The molecule has 0 radical (unpaired) electrons. The molecule has 0 aliphatic heterocycles. The molecule has 0 atom stereocenters. The average Bonchev–Trinajstić information content (AvgIpc) is 2.26. The smallest absolute Gasteiger partial charge is 0.328 e. The summed E-state index contributed by atoms with van der Waals surface area (Å²) in [5, 5.41) is 8.54. The van der Waals surface area contributed by atoms with E-state index < -0.39 is 5.97 Å². The molecule has 86 valence electrons. The third kappa shape index (κ3) is 2.69. The second kappa shape index (κ2) is 5.11. The van der Waals surface area contributed by atoms with E-state index >= 15 is 0 Å². The number of aliphatic carboxylic acids is 1. The molecule has 1 rings (SSSR count). The van der Waals surface area contributed by atoms with Crippen molar-refractivity contribution in [2.24, 2.45) is 0 Å². The van der Waals surface area contributed by atoms with E-state index in [2.05, 4.69) is 9.97 Å². The third-order valence-electron chi connectivity index (χ3n) is 1.85. The zero-order valence-electron chi connectivity index (χ0n) is 9.22. The van der Waals surface area contributed by atoms with Crippen LogP contribution in [-0.4, -0.2) is 35.3 Å². The van der Waals surface area contributed by atoms with Gasteiger partial charge in [0.2, 0.25) is 5.88 Å². The van der Waals surface area contributed by atoms with E-state index in [4.69, 9.17) is 14.6 Å². The minimum Gasteiger partial charge on any atom is -0.480 e. The van der Waals surface area contributed by atoms with Gasteiger partial charge in [0.05, 0.1) is 25.5 Å². The Labute approximate surface area is 92.6 Å². The van der Waals surface area contributed by atoms with E-state index in [1.54, 1.807) is 6.92 Å². The molecule has 0 bridgehead atoms. The maximum atomic E-state index is 10.4. The highest BCUT2D eigenvalue weighted by Gasteiger charge is 2.10. The number of aryl methyl sites for hydroxylation is 1. The Morgan fingerprint density at radius 3 is 2.50 bits per heavy atom. The maximum absolute atomic E-state index is 10.4. The van der Waals surface area contributed by atoms with E-state index in [1.165, 1.54) is 20.3 Å². The topological polar surface area (TPSA) is 81.5 Å². The van der Waals surface area contributed by atoms with Crippen molar-refractivity contribution < 1.29 is 19.4 Å². The summed E-state index contributed by atoms with van der Waals surface area (Å²) in [6, 6.07) is 0.182. The van der Waals surface area contributed by atoms with Gasteiger partial charge in [0, 0.05) is 6.08 Å². The number of hydrogen-bond acceptors (Lipinski definition) is 5. The molecule has 0 unspecified atom stereocenters. The normalized spacial score (nSPS) is 10.4. The first-order valence-corrected chi connectivity index (χ1v) is 4.46. The summed E-state index contributed by atoms with van der Waals surface area (Å²) in [7, 11) is 2.89. The molecule has 0 saturated heterocycles. The molecule has 16 heavy (non-hydrogen) atoms. The standard InChI is InChI=1S/C10H12N2O4/c1-6-7(4-5-8(13)14)9(15-2)12-10(11-6)16-3/h4-5H,1-3H3,(H,13,14)/b5-4+. The van der Waals surface area contributed by atoms with Gasteiger partial charge in [-0.15, -0.1) is 0 Å². The molecular weight excluding hydrogens is 212 g/mol. The number of aromatic nitrogens is 2. The number of carboxylic acids is 1. The molecule has 1 aromatic heterocycles. The van der Waals surface area contributed by atoms with Crippen molar-refractivity contribution >= 4 is 12.0 Å². The highest BCUT2D eigenvalue weighted by Crippen LogP contribution is 2.22. The lowest BCUT2D eigenvalue weighted by atomic mass is 10.2. The number of methoxy groups -OCH3 is 2. The van der Waals surface area contributed by atoms with Crippen molar-refractivity contribution in [2.75, 3.05) is 14.2 Å². The largest absolute Gasteiger partial charge is 0.480 e. The van der Waals surface area contributed by atoms with E-state index in [0.29, 0.717) is 11.3 Å². The molecule has 1 aromatic rings. The predicted octanol–water partition coefficient (Wildman–Crippen LogP) is 0.900. The van der Waals surface area contributed by atoms with Crippen LogP contribution < -0.4 is 9.47 Å². The highest BCUT2D eigenvalue weighted by molar-refractivity contribution is 5.86. The summed E-state index contributed by atoms with van der Waals surface area (Å²) in [6.07, 6.45) is 2.39. The number of carbonyl (C=O) groups is 1. The minimum absolute atomic E-state index is 0.182. The van der Waals surface area contributed by atoms with Gasteiger partial charge in [-0.05, 0) is 13.0 Å². The summed E-state index contributed by atoms with van der Waals surface area (Å²) >= 11 is 0. The minimum atomic E-state index is -1.04. The number of ether oxygens (including phenoxy) is 2. The number of nitrogens with zero attached hydrogens (tertiary/aromatic N) is 2. The molecule has 0 fully saturated rings. The summed E-state index contributed by atoms with van der Waals surface area (Å²) in [6.45, 7) is 1.72. The molecule has 0 aromatic carbocycles. The molecule has 1 heterocycles. The Morgan fingerprint density at radius 2 is 2.00 bits per heavy atom. The van der Waals surface area contributed by atoms with Crippen LogP contribution in [0.4, 0.5) is 0 Å². The lowest BCUT2D eigenvalue weighted by Gasteiger charge is -2.07. The number of rotatable bonds is 4. The molecule has 6 nitrogen and oxygen atoms in total. The average molecular weight is 224 g/mol. The van der Waals surface area contributed by atoms with Crippen LogP contribution in [-0.2, 0) is 4.79 Å². The van der Waals surface area contributed by atoms with Gasteiger partial charge in [-0.2, -0.15) is 9.97 Å². The quantitative estimate of drug-likeness (QED) is 0.765. The van der Waals surface area contributed by atoms with E-state index in [0.717, 1.165) is 6.08 Å². The van der Waals surface area contributed by atoms with Crippen molar-refractivity contribution in [3.63, 3.8) is 0 Å². The zero-order chi connectivity index (χ0) is 12.1. The van der Waals surface area contributed by atoms with Crippen LogP contribution in [0.3, 0.4) is 0 Å². The Balaban J connectivity index is 3.21. The predicted molar refractivity (Wildman–Crippen MR) is 56.5 cm³/mol. The maximum Gasteiger partial charge on any atom is 0.328 e. The van der Waals surface area contributed by atoms with Gasteiger partial charge in [0.25, 0.3) is 0 Å². The van der Waals surface area contributed by atoms with Crippen LogP contribution >= 0.6 is 0 Å². The highest BCUT2D eigenvalue weighted by atomic mass is 16.5. The van der Waals surface area contributed by atoms with Crippen molar-refractivity contribution in [1.82, 2.24) is 9.97 Å². The van der Waals surface area contributed by atoms with Gasteiger partial charge in [0.15, 0.2) is 0 Å². The summed E-state index contributed by atoms with van der Waals surface area (Å²) < 4.78 is 9.90. The molecule has 0 amide bonds. The first-order chi connectivity index (χ1) is 7.58. The van der Waals surface area contributed by atoms with Crippen LogP contribution in [0, 0.1) is 6.92 Å². The fraction of sp³-hybridized carbons (Fsp3) is 0.300. The Bertz CT molecular complexity index is 429. The Morgan fingerprint density at radius 1 is 1.31 bits per heavy atom. The van der Waals surface area contributed by atoms with Crippen molar-refractivity contribution in [1.29, 1.82) is 0 Å². The summed E-state index contributed by atoms with van der Waals surface area (Å²) in [5.41, 5.74) is 1.10. The van der Waals surface area contributed by atoms with Crippen LogP contribution in [0.2, 0.25) is 0 Å². The Hall–Kier alpha value is -2.11. The second-order valence-corrected chi connectivity index (χ2v) is 2.89. The lowest BCUT2D eigenvalue weighted by Crippen LogP contribution is -2.01. The lowest BCUT2D eigenvalue weighted by molar-refractivity contribution is -0.131. The first kappa shape index (κ1) is 12.0. The summed E-state index contributed by atoms with van der Waals surface area (Å²) in [4.78, 5) is 18.4. The number of hydrogen-bond donors (Lipinski definition) is 1. The molecule has 0 saturated carbocycles. The third-order valence-corrected chi connectivity index (χ3v) is 1.85. The zero-order valence-corrected chi connectivity index (χ0v) is 9.22. The first-order valence-electron chi connectivity index (χ1n) is 4.46. The van der Waals surface area contributed by atoms with Gasteiger partial charge >= 0.3 is 12.0 Å². The van der Waals surface area contributed by atoms with Crippen LogP contribution in [0.15, 0.2) is 6.08 Å². The van der Waals surface area contributed by atoms with Gasteiger partial charge in [-0.1, -0.05) is 0 Å². The monoisotopic (exact) mass is 224 g/mol. The van der Waals surface area contributed by atoms with Crippen molar-refractivity contribution in [3.8, 4) is 11.9 Å². The van der Waals surface area contributed by atoms with E-state index in [-0.39, 0.29) is 11.9 Å². The van der Waals surface area contributed by atoms with Gasteiger partial charge in [-0.25, -0.2) is 4.79 Å². The van der Waals surface area contributed by atoms with Gasteiger partial charge in [0.1, 0.15) is 0 Å². The molecule has 0 aliphatic rings. The summed E-state index contributed by atoms with van der Waals surface area (Å²) in [5.74, 6) is -0.765. The van der Waals surface area contributed by atoms with Crippen molar-refractivity contribution in [2.45, 2.75) is 6.92 Å². The Kier molecular flexibility index (Phi) is 3.82. The SMILES string of the molecule is COc1nc(C)c(/C=C/C(=O)O)c(OC)n1. The van der Waals surface area contributed by atoms with E-state index in [1.807, 2.05) is 0 Å². The molecule has 6 heteroatoms. The molecule has 0 spiro atoms. The van der Waals surface area contributed by atoms with Gasteiger partial charge in [-0.3, -0.25) is 0 Å². The van der Waals surface area contributed by atoms with Crippen LogP contribution in [0.5, 0.6) is 11.9 Å². The van der Waals surface area contributed by atoms with Crippen LogP contribution in [0.25, 0.3) is 6.08 Å². The van der Waals surface area contributed by atoms with Crippen LogP contribution in [0.1, 0.15) is 11.3 Å². The fourth-order valence-electron chi connectivity index (χ4n) is 1.12. The number of carboxylic acid groups (broad SMARTS) is 1. The molecular formula is C10H12N2O4.